The summed E-state index contributed by atoms with van der Waals surface area (Å²) < 4.78 is 0. The average Bonchev–Trinajstić information content (AvgIpc) is 3.06. The van der Waals surface area contributed by atoms with Crippen LogP contribution in [-0.4, -0.2) is 11.8 Å². The minimum atomic E-state index is -0.118. The molecule has 4 rings (SSSR count). The highest BCUT2D eigenvalue weighted by Crippen LogP contribution is 2.53. The summed E-state index contributed by atoms with van der Waals surface area (Å²) in [6.07, 6.45) is 5.25. The van der Waals surface area contributed by atoms with Gasteiger partial charge in [0.15, 0.2) is 0 Å². The van der Waals surface area contributed by atoms with Crippen molar-refractivity contribution < 1.29 is 9.59 Å². The third-order valence-electron chi connectivity index (χ3n) is 5.33. The van der Waals surface area contributed by atoms with Crippen LogP contribution in [0.3, 0.4) is 0 Å². The number of carbonyl (C=O) groups is 2. The molecule has 1 aromatic carbocycles. The Bertz CT molecular complexity index is 650. The van der Waals surface area contributed by atoms with E-state index in [1.54, 1.807) is 0 Å². The molecule has 1 saturated heterocycles. The smallest absolute Gasteiger partial charge is 0.238 e. The Morgan fingerprint density at radius 3 is 1.86 bits per heavy atom. The van der Waals surface area contributed by atoms with E-state index in [1.807, 2.05) is 32.9 Å². The van der Waals surface area contributed by atoms with E-state index >= 15 is 0 Å². The van der Waals surface area contributed by atoms with Gasteiger partial charge in [-0.1, -0.05) is 29.8 Å². The van der Waals surface area contributed by atoms with E-state index in [2.05, 4.69) is 12.2 Å². The number of rotatable bonds is 1. The molecule has 108 valence electrons. The Morgan fingerprint density at radius 1 is 0.905 bits per heavy atom. The second kappa shape index (κ2) is 4.06. The maximum atomic E-state index is 12.8. The minimum absolute atomic E-state index is 0.0110. The van der Waals surface area contributed by atoms with Gasteiger partial charge in [-0.2, -0.15) is 0 Å². The van der Waals surface area contributed by atoms with Crippen molar-refractivity contribution in [2.75, 3.05) is 4.90 Å². The fourth-order valence-electron chi connectivity index (χ4n) is 4.65. The highest BCUT2D eigenvalue weighted by Gasteiger charge is 2.59. The molecule has 0 unspecified atom stereocenters. The number of imide groups is 1. The predicted molar refractivity (Wildman–Crippen MR) is 80.9 cm³/mol. The van der Waals surface area contributed by atoms with Crippen molar-refractivity contribution in [1.29, 1.82) is 0 Å². The van der Waals surface area contributed by atoms with Crippen LogP contribution in [0, 0.1) is 44.4 Å². The lowest BCUT2D eigenvalue weighted by Gasteiger charge is -2.22. The van der Waals surface area contributed by atoms with Gasteiger partial charge in [0.2, 0.25) is 11.8 Å². The molecule has 0 radical (unpaired) electrons. The van der Waals surface area contributed by atoms with Crippen LogP contribution in [0.1, 0.15) is 23.1 Å². The van der Waals surface area contributed by atoms with Crippen molar-refractivity contribution in [1.82, 2.24) is 0 Å². The Morgan fingerprint density at radius 2 is 1.38 bits per heavy atom. The molecule has 1 aliphatic heterocycles. The summed E-state index contributed by atoms with van der Waals surface area (Å²) in [6.45, 7) is 6.00. The standard InChI is InChI=1S/C18H19NO2/c1-9-6-10(2)16(11(3)7-9)19-17(20)14-12-4-5-13(8-12)15(14)18(19)21/h4-7,12-15H,8H2,1-3H3/t12-,13-,14-,15-/m0/s1. The number of hydrogen-bond donors (Lipinski definition) is 0. The van der Waals surface area contributed by atoms with Crippen molar-refractivity contribution in [3.63, 3.8) is 0 Å². The van der Waals surface area contributed by atoms with Crippen LogP contribution < -0.4 is 4.90 Å². The number of fused-ring (bicyclic) bond motifs is 5. The second-order valence-corrected chi connectivity index (χ2v) is 6.76. The molecule has 21 heavy (non-hydrogen) atoms. The molecular weight excluding hydrogens is 262 g/mol. The summed E-state index contributed by atoms with van der Waals surface area (Å²) in [6, 6.07) is 4.09. The summed E-state index contributed by atoms with van der Waals surface area (Å²) in [4.78, 5) is 27.2. The van der Waals surface area contributed by atoms with E-state index in [4.69, 9.17) is 0 Å². The quantitative estimate of drug-likeness (QED) is 0.586. The molecule has 1 saturated carbocycles. The van der Waals surface area contributed by atoms with Crippen LogP contribution in [0.25, 0.3) is 0 Å². The highest BCUT2D eigenvalue weighted by molar-refractivity contribution is 6.23. The van der Waals surface area contributed by atoms with Gasteiger partial charge in [0, 0.05) is 0 Å². The molecule has 2 fully saturated rings. The molecule has 4 atom stereocenters. The Kier molecular flexibility index (Phi) is 2.48. The molecule has 1 aromatic rings. The predicted octanol–water partition coefficient (Wildman–Crippen LogP) is 2.92. The van der Waals surface area contributed by atoms with Gasteiger partial charge in [-0.3, -0.25) is 9.59 Å². The average molecular weight is 281 g/mol. The highest BCUT2D eigenvalue weighted by atomic mass is 16.2. The minimum Gasteiger partial charge on any atom is -0.274 e. The van der Waals surface area contributed by atoms with Gasteiger partial charge in [0.25, 0.3) is 0 Å². The lowest BCUT2D eigenvalue weighted by molar-refractivity contribution is -0.123. The Hall–Kier alpha value is -1.90. The number of allylic oxidation sites excluding steroid dienone is 2. The third-order valence-corrected chi connectivity index (χ3v) is 5.33. The number of carbonyl (C=O) groups excluding carboxylic acids is 2. The van der Waals surface area contributed by atoms with Gasteiger partial charge in [-0.15, -0.1) is 0 Å². The van der Waals surface area contributed by atoms with Crippen LogP contribution in [0.5, 0.6) is 0 Å². The van der Waals surface area contributed by atoms with E-state index in [0.29, 0.717) is 0 Å². The number of anilines is 1. The monoisotopic (exact) mass is 281 g/mol. The number of amides is 2. The molecule has 3 heteroatoms. The summed E-state index contributed by atoms with van der Waals surface area (Å²) in [7, 11) is 0. The molecular formula is C18H19NO2. The molecule has 2 aliphatic carbocycles. The number of aryl methyl sites for hydroxylation is 3. The Labute approximate surface area is 124 Å². The number of nitrogens with zero attached hydrogens (tertiary/aromatic N) is 1. The normalized spacial score (nSPS) is 33.2. The van der Waals surface area contributed by atoms with Gasteiger partial charge >= 0.3 is 0 Å². The molecule has 2 bridgehead atoms. The second-order valence-electron chi connectivity index (χ2n) is 6.76. The largest absolute Gasteiger partial charge is 0.274 e. The first-order chi connectivity index (χ1) is 9.99. The van der Waals surface area contributed by atoms with Crippen LogP contribution in [0.2, 0.25) is 0 Å². The maximum Gasteiger partial charge on any atom is 0.238 e. The first kappa shape index (κ1) is 12.8. The molecule has 1 heterocycles. The van der Waals surface area contributed by atoms with E-state index < -0.39 is 0 Å². The summed E-state index contributed by atoms with van der Waals surface area (Å²) in [5.41, 5.74) is 3.99. The first-order valence-corrected chi connectivity index (χ1v) is 7.63. The molecule has 3 aliphatic rings. The fourth-order valence-corrected chi connectivity index (χ4v) is 4.65. The van der Waals surface area contributed by atoms with Gasteiger partial charge in [-0.05, 0) is 50.2 Å². The van der Waals surface area contributed by atoms with E-state index in [-0.39, 0.29) is 35.5 Å². The van der Waals surface area contributed by atoms with Crippen molar-refractivity contribution in [3.05, 3.63) is 41.0 Å². The van der Waals surface area contributed by atoms with Crippen molar-refractivity contribution in [2.24, 2.45) is 23.7 Å². The number of benzene rings is 1. The maximum absolute atomic E-state index is 12.8. The zero-order valence-electron chi connectivity index (χ0n) is 12.6. The summed E-state index contributed by atoms with van der Waals surface area (Å²) >= 11 is 0. The van der Waals surface area contributed by atoms with Gasteiger partial charge < -0.3 is 0 Å². The van der Waals surface area contributed by atoms with Crippen molar-refractivity contribution in [3.8, 4) is 0 Å². The SMILES string of the molecule is Cc1cc(C)c(N2C(=O)[C@@H]3[C@@H](C2=O)[C@H]2C=C[C@H]3C2)c(C)c1. The molecule has 0 spiro atoms. The van der Waals surface area contributed by atoms with Crippen LogP contribution in [-0.2, 0) is 9.59 Å². The zero-order chi connectivity index (χ0) is 14.9. The zero-order valence-corrected chi connectivity index (χ0v) is 12.6. The fraction of sp³-hybridized carbons (Fsp3) is 0.444. The van der Waals surface area contributed by atoms with E-state index in [1.165, 1.54) is 4.90 Å². The van der Waals surface area contributed by atoms with Gasteiger partial charge in [-0.25, -0.2) is 4.90 Å². The van der Waals surface area contributed by atoms with Gasteiger partial charge in [0.1, 0.15) is 0 Å². The molecule has 0 aromatic heterocycles. The number of hydrogen-bond acceptors (Lipinski definition) is 2. The van der Waals surface area contributed by atoms with Crippen LogP contribution in [0.4, 0.5) is 5.69 Å². The Balaban J connectivity index is 1.82. The third kappa shape index (κ3) is 1.55. The lowest BCUT2D eigenvalue weighted by atomic mass is 9.85. The van der Waals surface area contributed by atoms with Crippen LogP contribution in [0.15, 0.2) is 24.3 Å². The van der Waals surface area contributed by atoms with Gasteiger partial charge in [0.05, 0.1) is 17.5 Å². The summed E-state index contributed by atoms with van der Waals surface area (Å²) in [5.74, 6) is 0.328. The molecule has 3 nitrogen and oxygen atoms in total. The topological polar surface area (TPSA) is 37.4 Å². The van der Waals surface area contributed by atoms with Crippen molar-refractivity contribution >= 4 is 17.5 Å². The molecule has 2 amide bonds. The van der Waals surface area contributed by atoms with E-state index in [9.17, 15) is 9.59 Å². The van der Waals surface area contributed by atoms with E-state index in [0.717, 1.165) is 28.8 Å². The van der Waals surface area contributed by atoms with Crippen molar-refractivity contribution in [2.45, 2.75) is 27.2 Å². The first-order valence-electron chi connectivity index (χ1n) is 7.63. The van der Waals surface area contributed by atoms with Crippen LogP contribution >= 0.6 is 0 Å². The summed E-state index contributed by atoms with van der Waals surface area (Å²) in [5, 5.41) is 0. The molecule has 0 N–H and O–H groups in total. The lowest BCUT2D eigenvalue weighted by Crippen LogP contribution is -2.34.